The van der Waals surface area contributed by atoms with Crippen molar-refractivity contribution < 1.29 is 19.1 Å². The smallest absolute Gasteiger partial charge is 0.317 e. The van der Waals surface area contributed by atoms with Gasteiger partial charge in [-0.3, -0.25) is 14.5 Å². The molecule has 2 aliphatic heterocycles. The Balaban J connectivity index is 1.33. The summed E-state index contributed by atoms with van der Waals surface area (Å²) in [6.07, 6.45) is 1.19. The first-order chi connectivity index (χ1) is 13.6. The van der Waals surface area contributed by atoms with E-state index in [2.05, 4.69) is 23.5 Å². The fourth-order valence-corrected chi connectivity index (χ4v) is 3.97. The van der Waals surface area contributed by atoms with Gasteiger partial charge in [0.1, 0.15) is 13.2 Å². The number of benzene rings is 2. The van der Waals surface area contributed by atoms with Crippen molar-refractivity contribution in [2.24, 2.45) is 0 Å². The second-order valence-electron chi connectivity index (χ2n) is 7.17. The monoisotopic (exact) mass is 381 g/mol. The summed E-state index contributed by atoms with van der Waals surface area (Å²) in [7, 11) is 0. The molecule has 0 radical (unpaired) electrons. The number of hydrogen-bond donors (Lipinski definition) is 1. The fraction of sp³-hybridized carbons (Fsp3) is 0.381. The lowest BCUT2D eigenvalue weighted by molar-refractivity contribution is -0.162. The molecule has 2 aliphatic rings. The van der Waals surface area contributed by atoms with Gasteiger partial charge in [0, 0.05) is 25.7 Å². The van der Waals surface area contributed by atoms with Crippen molar-refractivity contribution >= 4 is 28.6 Å². The Morgan fingerprint density at radius 1 is 1.00 bits per heavy atom. The molecule has 2 heterocycles. The first-order valence-corrected chi connectivity index (χ1v) is 9.55. The van der Waals surface area contributed by atoms with Crippen LogP contribution < -0.4 is 5.32 Å². The molecule has 2 aromatic carbocycles. The summed E-state index contributed by atoms with van der Waals surface area (Å²) in [5, 5.41) is 5.27. The summed E-state index contributed by atoms with van der Waals surface area (Å²) in [5.41, 5.74) is 1.07. The molecule has 0 unspecified atom stereocenters. The van der Waals surface area contributed by atoms with E-state index in [0.29, 0.717) is 32.5 Å². The molecule has 0 aliphatic carbocycles. The van der Waals surface area contributed by atoms with Gasteiger partial charge in [-0.2, -0.15) is 0 Å². The van der Waals surface area contributed by atoms with Gasteiger partial charge in [0.15, 0.2) is 0 Å². The highest BCUT2D eigenvalue weighted by Crippen LogP contribution is 2.20. The number of rotatable bonds is 3. The third-order valence-electron chi connectivity index (χ3n) is 5.42. The normalized spacial score (nSPS) is 18.6. The van der Waals surface area contributed by atoms with E-state index in [1.165, 1.54) is 4.90 Å². The minimum atomic E-state index is -0.282. The molecule has 2 saturated heterocycles. The first-order valence-electron chi connectivity index (χ1n) is 9.55. The van der Waals surface area contributed by atoms with Gasteiger partial charge in [-0.05, 0) is 29.2 Å². The van der Waals surface area contributed by atoms with Gasteiger partial charge in [-0.15, -0.1) is 0 Å². The van der Waals surface area contributed by atoms with Gasteiger partial charge in [0.25, 0.3) is 11.8 Å². The minimum absolute atomic E-state index is 0.0442. The summed E-state index contributed by atoms with van der Waals surface area (Å²) in [4.78, 5) is 39.6. The fourth-order valence-electron chi connectivity index (χ4n) is 3.97. The molecule has 4 amide bonds. The zero-order valence-corrected chi connectivity index (χ0v) is 15.6. The SMILES string of the molecule is O=C(NCc1cccc2ccccc12)N1CCC(N2C(=O)COCC2=O)CC1. The van der Waals surface area contributed by atoms with Crippen LogP contribution in [0.25, 0.3) is 10.8 Å². The van der Waals surface area contributed by atoms with E-state index in [9.17, 15) is 14.4 Å². The highest BCUT2D eigenvalue weighted by molar-refractivity contribution is 5.98. The number of nitrogens with zero attached hydrogens (tertiary/aromatic N) is 2. The van der Waals surface area contributed by atoms with Crippen molar-refractivity contribution in [2.45, 2.75) is 25.4 Å². The van der Waals surface area contributed by atoms with Crippen LogP contribution in [0.1, 0.15) is 18.4 Å². The van der Waals surface area contributed by atoms with Crippen LogP contribution in [-0.4, -0.2) is 60.0 Å². The Morgan fingerprint density at radius 2 is 1.68 bits per heavy atom. The third-order valence-corrected chi connectivity index (χ3v) is 5.42. The van der Waals surface area contributed by atoms with Crippen LogP contribution in [0.4, 0.5) is 4.79 Å². The van der Waals surface area contributed by atoms with Gasteiger partial charge in [-0.1, -0.05) is 42.5 Å². The molecular weight excluding hydrogens is 358 g/mol. The topological polar surface area (TPSA) is 79.0 Å². The average molecular weight is 381 g/mol. The largest absolute Gasteiger partial charge is 0.362 e. The van der Waals surface area contributed by atoms with Gasteiger partial charge in [-0.25, -0.2) is 4.79 Å². The summed E-state index contributed by atoms with van der Waals surface area (Å²) in [5.74, 6) is -0.565. The van der Waals surface area contributed by atoms with E-state index in [-0.39, 0.29) is 37.1 Å². The zero-order valence-electron chi connectivity index (χ0n) is 15.6. The Labute approximate surface area is 163 Å². The molecule has 1 N–H and O–H groups in total. The predicted octanol–water partition coefficient (Wildman–Crippen LogP) is 1.90. The van der Waals surface area contributed by atoms with Gasteiger partial charge in [0.05, 0.1) is 0 Å². The maximum absolute atomic E-state index is 12.6. The first kappa shape index (κ1) is 18.4. The minimum Gasteiger partial charge on any atom is -0.362 e. The van der Waals surface area contributed by atoms with E-state index in [1.807, 2.05) is 24.3 Å². The quantitative estimate of drug-likeness (QED) is 0.824. The van der Waals surface area contributed by atoms with Crippen molar-refractivity contribution in [3.8, 4) is 0 Å². The summed E-state index contributed by atoms with van der Waals surface area (Å²) in [6, 6.07) is 13.9. The molecule has 0 saturated carbocycles. The van der Waals surface area contributed by atoms with Crippen LogP contribution in [0.2, 0.25) is 0 Å². The molecule has 2 aromatic rings. The number of ether oxygens (including phenoxy) is 1. The van der Waals surface area contributed by atoms with Crippen molar-refractivity contribution in [1.29, 1.82) is 0 Å². The lowest BCUT2D eigenvalue weighted by Crippen LogP contribution is -2.56. The highest BCUT2D eigenvalue weighted by atomic mass is 16.5. The molecule has 7 heteroatoms. The number of carbonyl (C=O) groups excluding carboxylic acids is 3. The number of hydrogen-bond acceptors (Lipinski definition) is 4. The number of urea groups is 1. The Kier molecular flexibility index (Phi) is 5.25. The van der Waals surface area contributed by atoms with Crippen LogP contribution in [0.15, 0.2) is 42.5 Å². The molecule has 28 heavy (non-hydrogen) atoms. The van der Waals surface area contributed by atoms with E-state index >= 15 is 0 Å². The zero-order chi connectivity index (χ0) is 19.5. The highest BCUT2D eigenvalue weighted by Gasteiger charge is 2.35. The van der Waals surface area contributed by atoms with Crippen molar-refractivity contribution in [3.63, 3.8) is 0 Å². The number of carbonyl (C=O) groups is 3. The Morgan fingerprint density at radius 3 is 2.43 bits per heavy atom. The van der Waals surface area contributed by atoms with Crippen LogP contribution in [0, 0.1) is 0 Å². The number of amides is 4. The van der Waals surface area contributed by atoms with Gasteiger partial charge in [0.2, 0.25) is 0 Å². The van der Waals surface area contributed by atoms with Crippen LogP contribution in [-0.2, 0) is 20.9 Å². The molecule has 0 spiro atoms. The molecular formula is C21H23N3O4. The second-order valence-corrected chi connectivity index (χ2v) is 7.17. The van der Waals surface area contributed by atoms with Crippen LogP contribution in [0.3, 0.4) is 0 Å². The lowest BCUT2D eigenvalue weighted by Gasteiger charge is -2.38. The number of likely N-dealkylation sites (tertiary alicyclic amines) is 1. The van der Waals surface area contributed by atoms with E-state index in [0.717, 1.165) is 16.3 Å². The molecule has 0 atom stereocenters. The van der Waals surface area contributed by atoms with Crippen molar-refractivity contribution in [2.75, 3.05) is 26.3 Å². The summed E-state index contributed by atoms with van der Waals surface area (Å²) >= 11 is 0. The molecule has 146 valence electrons. The molecule has 0 aromatic heterocycles. The maximum atomic E-state index is 12.6. The van der Waals surface area contributed by atoms with E-state index in [4.69, 9.17) is 4.74 Å². The Bertz CT molecular complexity index is 884. The molecule has 7 nitrogen and oxygen atoms in total. The summed E-state index contributed by atoms with van der Waals surface area (Å²) in [6.45, 7) is 1.41. The lowest BCUT2D eigenvalue weighted by atomic mass is 10.0. The third kappa shape index (κ3) is 3.71. The number of fused-ring (bicyclic) bond motifs is 1. The van der Waals surface area contributed by atoms with Crippen LogP contribution >= 0.6 is 0 Å². The van der Waals surface area contributed by atoms with Crippen LogP contribution in [0.5, 0.6) is 0 Å². The number of morpholine rings is 1. The average Bonchev–Trinajstić information content (AvgIpc) is 2.72. The van der Waals surface area contributed by atoms with Gasteiger partial charge >= 0.3 is 6.03 Å². The molecule has 0 bridgehead atoms. The molecule has 2 fully saturated rings. The molecule has 4 rings (SSSR count). The Hall–Kier alpha value is -2.93. The standard InChI is InChI=1S/C21H23N3O4/c25-19-13-28-14-20(26)24(19)17-8-10-23(11-9-17)21(27)22-12-16-6-3-5-15-4-1-2-7-18(15)16/h1-7,17H,8-14H2,(H,22,27). The van der Waals surface area contributed by atoms with Crippen molar-refractivity contribution in [3.05, 3.63) is 48.0 Å². The van der Waals surface area contributed by atoms with E-state index in [1.54, 1.807) is 4.90 Å². The number of nitrogens with one attached hydrogen (secondary N) is 1. The van der Waals surface area contributed by atoms with Gasteiger partial charge < -0.3 is 15.0 Å². The predicted molar refractivity (Wildman–Crippen MR) is 103 cm³/mol. The second kappa shape index (κ2) is 7.98. The number of piperidine rings is 1. The summed E-state index contributed by atoms with van der Waals surface area (Å²) < 4.78 is 4.96. The maximum Gasteiger partial charge on any atom is 0.317 e. The van der Waals surface area contributed by atoms with E-state index < -0.39 is 0 Å². The number of imide groups is 1. The van der Waals surface area contributed by atoms with Crippen molar-refractivity contribution in [1.82, 2.24) is 15.1 Å².